The van der Waals surface area contributed by atoms with Crippen LogP contribution in [0, 0.1) is 5.41 Å². The highest BCUT2D eigenvalue weighted by atomic mass is 32.2. The molecule has 1 saturated heterocycles. The van der Waals surface area contributed by atoms with E-state index in [2.05, 4.69) is 23.1 Å². The lowest BCUT2D eigenvalue weighted by Gasteiger charge is -2.47. The van der Waals surface area contributed by atoms with Gasteiger partial charge < -0.3 is 14.5 Å². The second-order valence-electron chi connectivity index (χ2n) is 7.76. The zero-order valence-electron chi connectivity index (χ0n) is 15.5. The van der Waals surface area contributed by atoms with E-state index in [1.54, 1.807) is 0 Å². The number of guanidine groups is 1. The summed E-state index contributed by atoms with van der Waals surface area (Å²) in [7, 11) is -3.40. The summed E-state index contributed by atoms with van der Waals surface area (Å²) < 4.78 is 34.0. The van der Waals surface area contributed by atoms with Crippen LogP contribution in [-0.4, -0.2) is 44.7 Å². The number of ether oxygens (including phenoxy) is 1. The number of hydrogen-bond donors (Lipinski definition) is 0. The smallest absolute Gasteiger partial charge is 0.258 e. The third-order valence-electron chi connectivity index (χ3n) is 4.70. The molecule has 0 aromatic heterocycles. The van der Waals surface area contributed by atoms with E-state index in [0.717, 1.165) is 23.7 Å². The van der Waals surface area contributed by atoms with Crippen LogP contribution >= 0.6 is 0 Å². The van der Waals surface area contributed by atoms with Gasteiger partial charge in [-0.1, -0.05) is 32.0 Å². The first-order valence-electron chi connectivity index (χ1n) is 9.00. The van der Waals surface area contributed by atoms with Gasteiger partial charge in [-0.2, -0.15) is 0 Å². The van der Waals surface area contributed by atoms with Crippen molar-refractivity contribution in [2.75, 3.05) is 30.3 Å². The van der Waals surface area contributed by atoms with Gasteiger partial charge in [-0.3, -0.25) is 0 Å². The fourth-order valence-electron chi connectivity index (χ4n) is 3.51. The second kappa shape index (κ2) is 6.56. The topological polar surface area (TPSA) is 62.2 Å². The van der Waals surface area contributed by atoms with Crippen molar-refractivity contribution in [3.8, 4) is 11.5 Å². The van der Waals surface area contributed by atoms with Gasteiger partial charge in [0.15, 0.2) is 0 Å². The molecule has 27 heavy (non-hydrogen) atoms. The standard InChI is InChI=1S/C20H23N3O3S/c1-20(2)14-22-12-13-27(24,25)21-19(22)23(15-20)16-8-10-18(11-9-16)26-17-6-4-3-5-7-17/h3-11H,12-15H2,1-2H3. The number of fused-ring (bicyclic) bond motifs is 1. The van der Waals surface area contributed by atoms with Crippen molar-refractivity contribution in [1.29, 1.82) is 0 Å². The molecule has 2 aromatic rings. The first kappa shape index (κ1) is 17.9. The lowest BCUT2D eigenvalue weighted by molar-refractivity contribution is 0.235. The summed E-state index contributed by atoms with van der Waals surface area (Å²) in [4.78, 5) is 4.06. The molecule has 0 spiro atoms. The molecule has 0 amide bonds. The molecule has 0 aliphatic carbocycles. The van der Waals surface area contributed by atoms with Gasteiger partial charge >= 0.3 is 0 Å². The molecule has 0 unspecified atom stereocenters. The Bertz CT molecular complexity index is 954. The Morgan fingerprint density at radius 1 is 0.963 bits per heavy atom. The number of anilines is 1. The monoisotopic (exact) mass is 385 g/mol. The molecular formula is C20H23N3O3S. The SMILES string of the molecule is CC1(C)CN2CCS(=O)(=O)N=C2N(c2ccc(Oc3ccccc3)cc2)C1. The van der Waals surface area contributed by atoms with Crippen LogP contribution in [0.15, 0.2) is 59.0 Å². The molecule has 0 atom stereocenters. The lowest BCUT2D eigenvalue weighted by atomic mass is 9.89. The van der Waals surface area contributed by atoms with Gasteiger partial charge in [-0.25, -0.2) is 8.42 Å². The normalized spacial score (nSPS) is 20.6. The lowest BCUT2D eigenvalue weighted by Crippen LogP contribution is -2.60. The molecule has 7 heteroatoms. The van der Waals surface area contributed by atoms with Crippen LogP contribution in [0.5, 0.6) is 11.5 Å². The van der Waals surface area contributed by atoms with Crippen molar-refractivity contribution >= 4 is 21.7 Å². The van der Waals surface area contributed by atoms with Crippen molar-refractivity contribution in [3.63, 3.8) is 0 Å². The zero-order chi connectivity index (χ0) is 19.1. The van der Waals surface area contributed by atoms with Crippen molar-refractivity contribution in [1.82, 2.24) is 4.90 Å². The zero-order valence-corrected chi connectivity index (χ0v) is 16.3. The summed E-state index contributed by atoms with van der Waals surface area (Å²) in [5.41, 5.74) is 0.934. The molecular weight excluding hydrogens is 362 g/mol. The quantitative estimate of drug-likeness (QED) is 0.811. The molecule has 0 N–H and O–H groups in total. The van der Waals surface area contributed by atoms with E-state index < -0.39 is 10.0 Å². The Kier molecular flexibility index (Phi) is 4.34. The van der Waals surface area contributed by atoms with Crippen LogP contribution in [0.4, 0.5) is 5.69 Å². The highest BCUT2D eigenvalue weighted by molar-refractivity contribution is 7.90. The average Bonchev–Trinajstić information content (AvgIpc) is 2.62. The molecule has 6 nitrogen and oxygen atoms in total. The van der Waals surface area contributed by atoms with Crippen LogP contribution in [-0.2, 0) is 10.0 Å². The van der Waals surface area contributed by atoms with E-state index >= 15 is 0 Å². The van der Waals surface area contributed by atoms with Crippen LogP contribution in [0.25, 0.3) is 0 Å². The van der Waals surface area contributed by atoms with Gasteiger partial charge in [0.2, 0.25) is 5.96 Å². The summed E-state index contributed by atoms with van der Waals surface area (Å²) in [6.45, 7) is 6.36. The Hall–Kier alpha value is -2.54. The van der Waals surface area contributed by atoms with Crippen LogP contribution in [0.2, 0.25) is 0 Å². The number of sulfonamides is 1. The largest absolute Gasteiger partial charge is 0.457 e. The first-order chi connectivity index (χ1) is 12.8. The molecule has 0 saturated carbocycles. The fourth-order valence-corrected chi connectivity index (χ4v) is 4.52. The van der Waals surface area contributed by atoms with Gasteiger partial charge in [-0.05, 0) is 36.4 Å². The van der Waals surface area contributed by atoms with E-state index in [-0.39, 0.29) is 11.2 Å². The van der Waals surface area contributed by atoms with Crippen LogP contribution in [0.3, 0.4) is 0 Å². The predicted octanol–water partition coefficient (Wildman–Crippen LogP) is 3.33. The number of benzene rings is 2. The van der Waals surface area contributed by atoms with E-state index in [1.165, 1.54) is 0 Å². The summed E-state index contributed by atoms with van der Waals surface area (Å²) in [6, 6.07) is 17.3. The summed E-state index contributed by atoms with van der Waals surface area (Å²) in [5.74, 6) is 2.11. The van der Waals surface area contributed by atoms with Crippen molar-refractivity contribution in [2.45, 2.75) is 13.8 Å². The Morgan fingerprint density at radius 3 is 2.33 bits per heavy atom. The van der Waals surface area contributed by atoms with Gasteiger partial charge in [0, 0.05) is 30.7 Å². The fraction of sp³-hybridized carbons (Fsp3) is 0.350. The van der Waals surface area contributed by atoms with Crippen LogP contribution < -0.4 is 9.64 Å². The minimum Gasteiger partial charge on any atom is -0.457 e. The maximum Gasteiger partial charge on any atom is 0.258 e. The third kappa shape index (κ3) is 3.93. The summed E-state index contributed by atoms with van der Waals surface area (Å²) >= 11 is 0. The number of nitrogens with zero attached hydrogens (tertiary/aromatic N) is 3. The molecule has 2 aliphatic heterocycles. The molecule has 0 radical (unpaired) electrons. The first-order valence-corrected chi connectivity index (χ1v) is 10.6. The van der Waals surface area contributed by atoms with Crippen LogP contribution in [0.1, 0.15) is 13.8 Å². The summed E-state index contributed by atoms with van der Waals surface area (Å²) in [6.07, 6.45) is 0. The highest BCUT2D eigenvalue weighted by Gasteiger charge is 2.39. The van der Waals surface area contributed by atoms with E-state index in [9.17, 15) is 8.42 Å². The van der Waals surface area contributed by atoms with E-state index in [0.29, 0.717) is 19.0 Å². The van der Waals surface area contributed by atoms with Crippen molar-refractivity contribution < 1.29 is 13.2 Å². The van der Waals surface area contributed by atoms with Gasteiger partial charge in [0.1, 0.15) is 11.5 Å². The number of rotatable bonds is 3. The number of para-hydroxylation sites is 1. The Morgan fingerprint density at radius 2 is 1.63 bits per heavy atom. The molecule has 4 rings (SSSR count). The maximum absolute atomic E-state index is 12.0. The van der Waals surface area contributed by atoms with Gasteiger partial charge in [0.25, 0.3) is 10.0 Å². The molecule has 2 aromatic carbocycles. The maximum atomic E-state index is 12.0. The number of hydrogen-bond acceptors (Lipinski definition) is 5. The Balaban J connectivity index is 1.63. The average molecular weight is 385 g/mol. The predicted molar refractivity (Wildman–Crippen MR) is 107 cm³/mol. The van der Waals surface area contributed by atoms with Gasteiger partial charge in [-0.15, -0.1) is 4.40 Å². The molecule has 142 valence electrons. The summed E-state index contributed by atoms with van der Waals surface area (Å²) in [5, 5.41) is 0. The van der Waals surface area contributed by atoms with E-state index in [1.807, 2.05) is 59.5 Å². The van der Waals surface area contributed by atoms with Gasteiger partial charge in [0.05, 0.1) is 5.75 Å². The molecule has 2 heterocycles. The van der Waals surface area contributed by atoms with E-state index in [4.69, 9.17) is 4.74 Å². The Labute approximate surface area is 160 Å². The van der Waals surface area contributed by atoms with Crippen molar-refractivity contribution in [2.24, 2.45) is 9.81 Å². The minimum absolute atomic E-state index is 0.0271. The highest BCUT2D eigenvalue weighted by Crippen LogP contribution is 2.32. The van der Waals surface area contributed by atoms with Crippen molar-refractivity contribution in [3.05, 3.63) is 54.6 Å². The minimum atomic E-state index is -3.40. The molecule has 0 bridgehead atoms. The second-order valence-corrected chi connectivity index (χ2v) is 9.51. The molecule has 1 fully saturated rings. The molecule has 2 aliphatic rings. The third-order valence-corrected chi connectivity index (χ3v) is 5.84.